The molecule has 0 bridgehead atoms. The lowest BCUT2D eigenvalue weighted by molar-refractivity contribution is 0.0383. The van der Waals surface area contributed by atoms with Gasteiger partial charge in [-0.1, -0.05) is 23.0 Å². The van der Waals surface area contributed by atoms with Crippen LogP contribution in [0.5, 0.6) is 0 Å². The number of benzene rings is 1. The van der Waals surface area contributed by atoms with Crippen molar-refractivity contribution in [3.8, 4) is 5.69 Å². The van der Waals surface area contributed by atoms with Crippen LogP contribution in [0.3, 0.4) is 0 Å². The van der Waals surface area contributed by atoms with E-state index in [4.69, 9.17) is 0 Å². The summed E-state index contributed by atoms with van der Waals surface area (Å²) in [7, 11) is 1.10. The zero-order valence-electron chi connectivity index (χ0n) is 9.98. The molecule has 0 N–H and O–H groups in total. The van der Waals surface area contributed by atoms with E-state index < -0.39 is 17.3 Å². The lowest BCUT2D eigenvalue weighted by Crippen LogP contribution is -2.42. The molecule has 0 radical (unpaired) electrons. The number of ether oxygens (including phenoxy) is 1. The van der Waals surface area contributed by atoms with Crippen LogP contribution in [0.4, 0.5) is 4.79 Å². The lowest BCUT2D eigenvalue weighted by Gasteiger charge is -2.12. The molecule has 98 valence electrons. The predicted molar refractivity (Wildman–Crippen MR) is 65.3 cm³/mol. The molecule has 0 saturated heterocycles. The largest absolute Gasteiger partial charge is 0.534 e. The molecule has 7 nitrogen and oxygen atoms in total. The van der Waals surface area contributed by atoms with Gasteiger partial charge in [-0.2, -0.15) is 4.68 Å². The van der Waals surface area contributed by atoms with Crippen LogP contribution in [0.2, 0.25) is 0 Å². The van der Waals surface area contributed by atoms with Crippen LogP contribution in [0.15, 0.2) is 52.1 Å². The highest BCUT2D eigenvalue weighted by atomic mass is 16.8. The van der Waals surface area contributed by atoms with Crippen molar-refractivity contribution in [2.24, 2.45) is 0 Å². The summed E-state index contributed by atoms with van der Waals surface area (Å²) in [6.45, 7) is 0. The first-order chi connectivity index (χ1) is 9.13. The fourth-order valence-electron chi connectivity index (χ4n) is 1.46. The zero-order chi connectivity index (χ0) is 13.8. The molecular formula is C12H10N2O5. The molecular weight excluding hydrogens is 252 g/mol. The van der Waals surface area contributed by atoms with E-state index in [0.29, 0.717) is 10.5 Å². The van der Waals surface area contributed by atoms with Gasteiger partial charge in [0.05, 0.1) is 12.8 Å². The average molecular weight is 262 g/mol. The third-order valence-corrected chi connectivity index (χ3v) is 2.28. The van der Waals surface area contributed by atoms with E-state index in [1.165, 1.54) is 0 Å². The van der Waals surface area contributed by atoms with Gasteiger partial charge in [0.2, 0.25) is 0 Å². The number of nitrogens with zero attached hydrogens (tertiary/aromatic N) is 2. The zero-order valence-corrected chi connectivity index (χ0v) is 9.98. The molecule has 19 heavy (non-hydrogen) atoms. The summed E-state index contributed by atoms with van der Waals surface area (Å²) in [6.07, 6.45) is -1.10. The Labute approximate surface area is 107 Å². The fraction of sp³-hybridized carbons (Fsp3) is 0.0833. The molecule has 0 aliphatic heterocycles. The standard InChI is InChI=1S/C12H10N2O5/c1-18-12(17)19-14-11(16)8-7-10(15)13(14)9-5-3-2-4-6-9/h2-8H,1H3. The molecule has 1 aromatic heterocycles. The summed E-state index contributed by atoms with van der Waals surface area (Å²) >= 11 is 0. The first-order valence-electron chi connectivity index (χ1n) is 5.30. The van der Waals surface area contributed by atoms with E-state index in [0.717, 1.165) is 23.9 Å². The molecule has 2 aromatic rings. The van der Waals surface area contributed by atoms with Gasteiger partial charge < -0.3 is 4.74 Å². The molecule has 7 heteroatoms. The van der Waals surface area contributed by atoms with Gasteiger partial charge in [-0.05, 0) is 12.1 Å². The van der Waals surface area contributed by atoms with Gasteiger partial charge in [0.1, 0.15) is 0 Å². The minimum atomic E-state index is -1.10. The van der Waals surface area contributed by atoms with E-state index in [1.807, 2.05) is 0 Å². The maximum Gasteiger partial charge on any atom is 0.534 e. The average Bonchev–Trinajstić information content (AvgIpc) is 2.44. The van der Waals surface area contributed by atoms with Crippen LogP contribution in [0, 0.1) is 0 Å². The molecule has 0 amide bonds. The quantitative estimate of drug-likeness (QED) is 0.722. The molecule has 1 aromatic carbocycles. The normalized spacial score (nSPS) is 9.95. The van der Waals surface area contributed by atoms with Crippen molar-refractivity contribution < 1.29 is 14.4 Å². The van der Waals surface area contributed by atoms with Gasteiger partial charge >= 0.3 is 11.7 Å². The molecule has 0 aliphatic rings. The van der Waals surface area contributed by atoms with Gasteiger partial charge in [0, 0.05) is 12.1 Å². The van der Waals surface area contributed by atoms with Crippen molar-refractivity contribution in [2.45, 2.75) is 0 Å². The highest BCUT2D eigenvalue weighted by Gasteiger charge is 2.12. The summed E-state index contributed by atoms with van der Waals surface area (Å²) < 4.78 is 5.23. The second kappa shape index (κ2) is 5.21. The number of hydrogen-bond donors (Lipinski definition) is 0. The molecule has 0 aliphatic carbocycles. The SMILES string of the molecule is COC(=O)On1c(=O)ccc(=O)n1-c1ccccc1. The number of aromatic nitrogens is 2. The van der Waals surface area contributed by atoms with Crippen molar-refractivity contribution in [1.29, 1.82) is 0 Å². The van der Waals surface area contributed by atoms with Gasteiger partial charge in [0.25, 0.3) is 5.56 Å². The Balaban J connectivity index is 2.65. The second-order valence-corrected chi connectivity index (χ2v) is 3.48. The highest BCUT2D eigenvalue weighted by Crippen LogP contribution is 2.01. The summed E-state index contributed by atoms with van der Waals surface area (Å²) in [4.78, 5) is 39.8. The third-order valence-electron chi connectivity index (χ3n) is 2.28. The van der Waals surface area contributed by atoms with Crippen LogP contribution < -0.4 is 16.0 Å². The van der Waals surface area contributed by atoms with Gasteiger partial charge in [-0.15, -0.1) is 0 Å². The van der Waals surface area contributed by atoms with Gasteiger partial charge in [-0.3, -0.25) is 14.4 Å². The molecule has 1 heterocycles. The van der Waals surface area contributed by atoms with E-state index in [9.17, 15) is 14.4 Å². The monoisotopic (exact) mass is 262 g/mol. The Morgan fingerprint density at radius 1 is 1.00 bits per heavy atom. The maximum absolute atomic E-state index is 11.8. The Kier molecular flexibility index (Phi) is 3.46. The Morgan fingerprint density at radius 3 is 2.26 bits per heavy atom. The van der Waals surface area contributed by atoms with E-state index >= 15 is 0 Å². The lowest BCUT2D eigenvalue weighted by atomic mass is 10.3. The van der Waals surface area contributed by atoms with Crippen LogP contribution in [-0.2, 0) is 4.74 Å². The molecule has 0 fully saturated rings. The van der Waals surface area contributed by atoms with Crippen molar-refractivity contribution in [3.63, 3.8) is 0 Å². The first kappa shape index (κ1) is 12.6. The van der Waals surface area contributed by atoms with E-state index in [1.54, 1.807) is 30.3 Å². The maximum atomic E-state index is 11.8. The number of carbonyl (C=O) groups excluding carboxylic acids is 1. The summed E-state index contributed by atoms with van der Waals surface area (Å²) in [5.74, 6) is 0. The van der Waals surface area contributed by atoms with Crippen molar-refractivity contribution in [1.82, 2.24) is 9.53 Å². The summed E-state index contributed by atoms with van der Waals surface area (Å²) in [6, 6.07) is 10.4. The van der Waals surface area contributed by atoms with Crippen LogP contribution in [0.25, 0.3) is 5.69 Å². The first-order valence-corrected chi connectivity index (χ1v) is 5.30. The number of carbonyl (C=O) groups is 1. The highest BCUT2D eigenvalue weighted by molar-refractivity contribution is 5.59. The van der Waals surface area contributed by atoms with Crippen LogP contribution >= 0.6 is 0 Å². The molecule has 0 spiro atoms. The molecule has 0 unspecified atom stereocenters. The van der Waals surface area contributed by atoms with Gasteiger partial charge in [-0.25, -0.2) is 4.79 Å². The minimum absolute atomic E-state index is 0.383. The number of rotatable bonds is 2. The van der Waals surface area contributed by atoms with Crippen LogP contribution in [-0.4, -0.2) is 22.8 Å². The Morgan fingerprint density at radius 2 is 1.63 bits per heavy atom. The predicted octanol–water partition coefficient (Wildman–Crippen LogP) is 0.194. The Hall–Kier alpha value is -2.83. The summed E-state index contributed by atoms with van der Waals surface area (Å²) in [5, 5.41) is 0. The molecule has 0 atom stereocenters. The Bertz CT molecular complexity index is 702. The number of para-hydroxylation sites is 1. The van der Waals surface area contributed by atoms with Crippen molar-refractivity contribution in [3.05, 3.63) is 63.2 Å². The van der Waals surface area contributed by atoms with E-state index in [2.05, 4.69) is 9.57 Å². The van der Waals surface area contributed by atoms with Crippen LogP contribution in [0.1, 0.15) is 0 Å². The minimum Gasteiger partial charge on any atom is -0.436 e. The fourth-order valence-corrected chi connectivity index (χ4v) is 1.46. The topological polar surface area (TPSA) is 79.5 Å². The number of hydrogen-bond acceptors (Lipinski definition) is 5. The summed E-state index contributed by atoms with van der Waals surface area (Å²) in [5.41, 5.74) is -0.808. The van der Waals surface area contributed by atoms with Gasteiger partial charge in [0.15, 0.2) is 0 Å². The van der Waals surface area contributed by atoms with Crippen molar-refractivity contribution in [2.75, 3.05) is 7.11 Å². The van der Waals surface area contributed by atoms with E-state index in [-0.39, 0.29) is 0 Å². The third kappa shape index (κ3) is 2.54. The second-order valence-electron chi connectivity index (χ2n) is 3.48. The molecule has 0 saturated carbocycles. The smallest absolute Gasteiger partial charge is 0.436 e. The van der Waals surface area contributed by atoms with Crippen molar-refractivity contribution >= 4 is 6.16 Å². The molecule has 2 rings (SSSR count). The number of methoxy groups -OCH3 is 1.